The molecule has 17 heteroatoms. The molecule has 4 atom stereocenters. The van der Waals surface area contributed by atoms with Gasteiger partial charge in [0, 0.05) is 17.9 Å². The Kier molecular flexibility index (Phi) is 7.65. The maximum absolute atomic E-state index is 10.8. The molecule has 4 rings (SSSR count). The largest absolute Gasteiger partial charge is 0.387 e. The van der Waals surface area contributed by atoms with Crippen molar-refractivity contribution < 1.29 is 34.2 Å². The zero-order valence-electron chi connectivity index (χ0n) is 17.8. The molecule has 3 aromatic rings. The second kappa shape index (κ2) is 10.4. The predicted octanol–water partition coefficient (Wildman–Crippen LogP) is 0.496. The number of rotatable bonds is 9. The van der Waals surface area contributed by atoms with Crippen LogP contribution in [0.25, 0.3) is 11.2 Å². The lowest BCUT2D eigenvalue weighted by Crippen LogP contribution is -2.33. The Hall–Kier alpha value is -2.27. The Balaban J connectivity index is 1.48. The molecule has 1 aliphatic rings. The topological polar surface area (TPSA) is 212 Å². The van der Waals surface area contributed by atoms with E-state index in [4.69, 9.17) is 15.0 Å². The van der Waals surface area contributed by atoms with Crippen LogP contribution in [0, 0.1) is 10.1 Å². The number of thioether (sulfide) groups is 1. The highest BCUT2D eigenvalue weighted by molar-refractivity contribution is 8.06. The molecular weight excluding hydrogens is 523 g/mol. The number of nitrogens with zero attached hydrogens (tertiary/aromatic N) is 5. The fraction of sp³-hybridized carbons (Fsp3) is 0.389. The van der Waals surface area contributed by atoms with Crippen molar-refractivity contribution in [1.82, 2.24) is 19.5 Å². The summed E-state index contributed by atoms with van der Waals surface area (Å²) < 4.78 is 11.8. The van der Waals surface area contributed by atoms with Crippen LogP contribution >= 0.6 is 18.5 Å². The van der Waals surface area contributed by atoms with Crippen molar-refractivity contribution in [2.75, 3.05) is 18.1 Å². The molecule has 1 saturated heterocycles. The summed E-state index contributed by atoms with van der Waals surface area (Å²) in [4.78, 5) is 41.7. The summed E-state index contributed by atoms with van der Waals surface area (Å²) in [6, 6.07) is 6.25. The summed E-state index contributed by atoms with van der Waals surface area (Å²) in [5.74, 6) is 0.673. The number of fused-ring (bicyclic) bond motifs is 1. The van der Waals surface area contributed by atoms with Gasteiger partial charge in [-0.05, 0) is 23.8 Å². The number of benzene rings is 1. The fourth-order valence-electron chi connectivity index (χ4n) is 3.48. The zero-order valence-corrected chi connectivity index (χ0v) is 20.3. The van der Waals surface area contributed by atoms with Gasteiger partial charge < -0.3 is 35.0 Å². The van der Waals surface area contributed by atoms with Crippen LogP contribution in [0.2, 0.25) is 0 Å². The van der Waals surface area contributed by atoms with Gasteiger partial charge in [-0.25, -0.2) is 15.0 Å². The molecule has 0 saturated carbocycles. The van der Waals surface area contributed by atoms with Crippen LogP contribution in [0.15, 0.2) is 35.7 Å². The van der Waals surface area contributed by atoms with Crippen molar-refractivity contribution >= 4 is 53.0 Å². The maximum atomic E-state index is 10.8. The van der Waals surface area contributed by atoms with Gasteiger partial charge in [-0.3, -0.25) is 14.7 Å². The Morgan fingerprint density at radius 2 is 1.97 bits per heavy atom. The van der Waals surface area contributed by atoms with Crippen molar-refractivity contribution in [2.24, 2.45) is 0 Å². The van der Waals surface area contributed by atoms with Crippen LogP contribution in [0.1, 0.15) is 11.8 Å². The van der Waals surface area contributed by atoms with E-state index in [1.165, 1.54) is 34.8 Å². The van der Waals surface area contributed by atoms with E-state index in [-0.39, 0.29) is 22.7 Å². The van der Waals surface area contributed by atoms with Gasteiger partial charge in [-0.1, -0.05) is 23.9 Å². The number of nitro benzene ring substituents is 1. The number of aryl methyl sites for hydroxylation is 1. The molecule has 188 valence electrons. The smallest absolute Gasteiger partial charge is 0.321 e. The summed E-state index contributed by atoms with van der Waals surface area (Å²) >= 11 is 5.70. The lowest BCUT2D eigenvalue weighted by Gasteiger charge is -2.17. The average Bonchev–Trinajstić information content (AvgIpc) is 3.34. The predicted molar refractivity (Wildman–Crippen MR) is 128 cm³/mol. The number of ether oxygens (including phenoxy) is 1. The van der Waals surface area contributed by atoms with Crippen LogP contribution in [0.5, 0.6) is 0 Å². The molecule has 0 amide bonds. The van der Waals surface area contributed by atoms with Gasteiger partial charge in [0.15, 0.2) is 22.8 Å². The summed E-state index contributed by atoms with van der Waals surface area (Å²) in [7, 11) is 0. The molecule has 2 aromatic heterocycles. The zero-order chi connectivity index (χ0) is 25.3. The van der Waals surface area contributed by atoms with Gasteiger partial charge in [0.2, 0.25) is 0 Å². The number of nitrogens with two attached hydrogens (primary N) is 1. The third-order valence-corrected chi connectivity index (χ3v) is 6.87. The second-order valence-corrected chi connectivity index (χ2v) is 11.3. The van der Waals surface area contributed by atoms with E-state index < -0.39 is 42.8 Å². The summed E-state index contributed by atoms with van der Waals surface area (Å²) in [6.07, 6.45) is -3.04. The Labute approximate surface area is 207 Å². The van der Waals surface area contributed by atoms with E-state index in [1.807, 2.05) is 0 Å². The van der Waals surface area contributed by atoms with Gasteiger partial charge in [0.05, 0.1) is 17.9 Å². The molecule has 0 aliphatic carbocycles. The average molecular weight is 545 g/mol. The van der Waals surface area contributed by atoms with Gasteiger partial charge in [-0.2, -0.15) is 0 Å². The van der Waals surface area contributed by atoms with Crippen molar-refractivity contribution in [3.8, 4) is 0 Å². The first kappa shape index (κ1) is 25.8. The number of aliphatic hydroxyl groups excluding tert-OH is 2. The molecule has 0 bridgehead atoms. The number of nitrogen functional groups attached to an aromatic ring is 1. The molecule has 4 unspecified atom stereocenters. The molecule has 0 radical (unpaired) electrons. The minimum atomic E-state index is -3.97. The first-order valence-corrected chi connectivity index (χ1v) is 13.7. The highest BCUT2D eigenvalue weighted by Crippen LogP contribution is 2.39. The Bertz CT molecular complexity index is 1270. The lowest BCUT2D eigenvalue weighted by molar-refractivity contribution is -0.384. The Morgan fingerprint density at radius 1 is 1.26 bits per heavy atom. The van der Waals surface area contributed by atoms with E-state index in [1.54, 1.807) is 12.1 Å². The third-order valence-electron chi connectivity index (χ3n) is 5.22. The van der Waals surface area contributed by atoms with Crippen LogP contribution < -0.4 is 5.73 Å². The molecular formula is C18H21N6O8PS2. The van der Waals surface area contributed by atoms with Crippen LogP contribution in [-0.4, -0.2) is 75.1 Å². The van der Waals surface area contributed by atoms with Crippen LogP contribution in [-0.2, 0) is 27.5 Å². The van der Waals surface area contributed by atoms with Crippen molar-refractivity contribution in [3.63, 3.8) is 0 Å². The summed E-state index contributed by atoms with van der Waals surface area (Å²) in [6.45, 7) is -4.40. The SMILES string of the molecule is Nc1nc(SCCc2ccc([N+](=O)[O-])cc2)nc2c1ncn2C1OC(COP(O)(O)=S)C(O)C1O. The highest BCUT2D eigenvalue weighted by atomic mass is 32.5. The molecule has 1 aliphatic heterocycles. The highest BCUT2D eigenvalue weighted by Gasteiger charge is 2.45. The normalized spacial score (nSPS) is 22.6. The van der Waals surface area contributed by atoms with E-state index in [9.17, 15) is 30.1 Å². The number of nitro groups is 1. The van der Waals surface area contributed by atoms with Gasteiger partial charge in [0.25, 0.3) is 5.69 Å². The van der Waals surface area contributed by atoms with E-state index >= 15 is 0 Å². The maximum Gasteiger partial charge on any atom is 0.321 e. The third kappa shape index (κ3) is 5.94. The standard InChI is InChI=1S/C18H21N6O8PS2/c19-15-12-16(22-18(21-15)35-6-5-9-1-3-10(4-2-9)24(27)28)23(8-20-12)17-14(26)13(25)11(32-17)7-31-33(29,30)34/h1-4,8,11,13-14,17,25-26H,5-7H2,(H2,19,21,22)(H2,29,30,34). The number of hydrogen-bond donors (Lipinski definition) is 5. The first-order valence-electron chi connectivity index (χ1n) is 10.1. The lowest BCUT2D eigenvalue weighted by atomic mass is 10.1. The molecule has 0 spiro atoms. The number of imidazole rings is 1. The number of non-ortho nitro benzene ring substituents is 1. The van der Waals surface area contributed by atoms with Crippen LogP contribution in [0.4, 0.5) is 11.5 Å². The first-order chi connectivity index (χ1) is 16.5. The fourth-order valence-corrected chi connectivity index (χ4v) is 4.84. The quantitative estimate of drug-likeness (QED) is 0.0816. The number of hydrogen-bond acceptors (Lipinski definition) is 12. The van der Waals surface area contributed by atoms with E-state index in [0.717, 1.165) is 5.56 Å². The monoisotopic (exact) mass is 544 g/mol. The molecule has 1 fully saturated rings. The Morgan fingerprint density at radius 3 is 2.63 bits per heavy atom. The molecule has 1 aromatic carbocycles. The molecule has 14 nitrogen and oxygen atoms in total. The van der Waals surface area contributed by atoms with E-state index in [2.05, 4.69) is 26.8 Å². The van der Waals surface area contributed by atoms with Crippen molar-refractivity contribution in [2.45, 2.75) is 36.1 Å². The number of aliphatic hydroxyl groups is 2. The van der Waals surface area contributed by atoms with Gasteiger partial charge >= 0.3 is 6.72 Å². The van der Waals surface area contributed by atoms with Crippen molar-refractivity contribution in [1.29, 1.82) is 0 Å². The second-order valence-electron chi connectivity index (χ2n) is 7.57. The number of anilines is 1. The molecule has 6 N–H and O–H groups in total. The van der Waals surface area contributed by atoms with E-state index in [0.29, 0.717) is 17.3 Å². The van der Waals surface area contributed by atoms with Gasteiger partial charge in [0.1, 0.15) is 23.8 Å². The summed E-state index contributed by atoms with van der Waals surface area (Å²) in [5, 5.41) is 31.9. The van der Waals surface area contributed by atoms with Crippen LogP contribution in [0.3, 0.4) is 0 Å². The molecule has 35 heavy (non-hydrogen) atoms. The summed E-state index contributed by atoms with van der Waals surface area (Å²) in [5.41, 5.74) is 7.51. The minimum absolute atomic E-state index is 0.0179. The molecule has 3 heterocycles. The minimum Gasteiger partial charge on any atom is -0.387 e. The van der Waals surface area contributed by atoms with Crippen molar-refractivity contribution in [3.05, 3.63) is 46.3 Å². The van der Waals surface area contributed by atoms with Gasteiger partial charge in [-0.15, -0.1) is 0 Å². The number of aromatic nitrogens is 4.